The van der Waals surface area contributed by atoms with Crippen LogP contribution in [0.15, 0.2) is 32.9 Å². The van der Waals surface area contributed by atoms with Gasteiger partial charge in [-0.3, -0.25) is 4.79 Å². The van der Waals surface area contributed by atoms with Crippen molar-refractivity contribution in [3.8, 4) is 6.07 Å². The van der Waals surface area contributed by atoms with E-state index in [9.17, 15) is 4.79 Å². The molecule has 21 heavy (non-hydrogen) atoms. The van der Waals surface area contributed by atoms with Gasteiger partial charge >= 0.3 is 0 Å². The van der Waals surface area contributed by atoms with Gasteiger partial charge in [-0.2, -0.15) is 5.26 Å². The molecule has 8 heteroatoms. The quantitative estimate of drug-likeness (QED) is 0.816. The number of aromatic nitrogens is 2. The summed E-state index contributed by atoms with van der Waals surface area (Å²) in [6.07, 6.45) is 0. The number of nitrogens with one attached hydrogen (secondary N) is 1. The highest BCUT2D eigenvalue weighted by atomic mass is 32.2. The van der Waals surface area contributed by atoms with Gasteiger partial charge in [-0.1, -0.05) is 53.9 Å². The summed E-state index contributed by atoms with van der Waals surface area (Å²) in [5.74, 6) is 1.03. The van der Waals surface area contributed by atoms with Gasteiger partial charge in [0.25, 0.3) is 0 Å². The fourth-order valence-corrected chi connectivity index (χ4v) is 4.16. The molecule has 0 saturated carbocycles. The van der Waals surface area contributed by atoms with Gasteiger partial charge < -0.3 is 5.32 Å². The van der Waals surface area contributed by atoms with Crippen LogP contribution in [0.4, 0.5) is 5.69 Å². The second-order valence-corrected chi connectivity index (χ2v) is 7.47. The first-order valence-corrected chi connectivity index (χ1v) is 8.89. The zero-order chi connectivity index (χ0) is 15.1. The van der Waals surface area contributed by atoms with Gasteiger partial charge in [-0.05, 0) is 17.9 Å². The topological polar surface area (TPSA) is 78.7 Å². The molecule has 1 N–H and O–H groups in total. The number of hydrogen-bond acceptors (Lipinski definition) is 7. The molecule has 0 aliphatic carbocycles. The Morgan fingerprint density at radius 1 is 1.33 bits per heavy atom. The van der Waals surface area contributed by atoms with Crippen LogP contribution in [0.2, 0.25) is 0 Å². The third-order valence-electron chi connectivity index (χ3n) is 2.30. The molecule has 0 radical (unpaired) electrons. The van der Waals surface area contributed by atoms with Gasteiger partial charge in [0.1, 0.15) is 6.07 Å². The Morgan fingerprint density at radius 3 is 2.76 bits per heavy atom. The van der Waals surface area contributed by atoms with Gasteiger partial charge in [0.2, 0.25) is 5.91 Å². The number of anilines is 1. The Bertz CT molecular complexity index is 665. The van der Waals surface area contributed by atoms with E-state index in [0.29, 0.717) is 11.3 Å². The molecule has 1 amide bonds. The minimum Gasteiger partial charge on any atom is -0.324 e. The standard InChI is InChI=1S/C13H12N4OS3/c1-2-19-12-16-17-13(21-12)20-8-11(18)15-10-6-4-3-5-9(10)7-14/h3-6H,2,8H2,1H3,(H,15,18). The monoisotopic (exact) mass is 336 g/mol. The van der Waals surface area contributed by atoms with Crippen LogP contribution >= 0.6 is 34.9 Å². The summed E-state index contributed by atoms with van der Waals surface area (Å²) in [6, 6.07) is 8.97. The molecule has 0 aliphatic rings. The number of hydrogen-bond donors (Lipinski definition) is 1. The van der Waals surface area contributed by atoms with E-state index in [1.807, 2.05) is 6.07 Å². The summed E-state index contributed by atoms with van der Waals surface area (Å²) in [4.78, 5) is 11.9. The molecule has 0 saturated heterocycles. The highest BCUT2D eigenvalue weighted by molar-refractivity contribution is 8.03. The fraction of sp³-hybridized carbons (Fsp3) is 0.231. The average molecular weight is 336 g/mol. The molecule has 0 atom stereocenters. The summed E-state index contributed by atoms with van der Waals surface area (Å²) in [5, 5.41) is 19.8. The summed E-state index contributed by atoms with van der Waals surface area (Å²) >= 11 is 4.46. The molecule has 1 aromatic heterocycles. The summed E-state index contributed by atoms with van der Waals surface area (Å²) in [6.45, 7) is 2.05. The molecular formula is C13H12N4OS3. The van der Waals surface area contributed by atoms with E-state index in [0.717, 1.165) is 14.4 Å². The number of rotatable bonds is 6. The van der Waals surface area contributed by atoms with E-state index in [2.05, 4.69) is 22.4 Å². The first-order chi connectivity index (χ1) is 10.2. The molecule has 1 aromatic carbocycles. The first-order valence-electron chi connectivity index (χ1n) is 6.11. The maximum atomic E-state index is 11.9. The summed E-state index contributed by atoms with van der Waals surface area (Å²) < 4.78 is 1.69. The van der Waals surface area contributed by atoms with Crippen molar-refractivity contribution in [2.24, 2.45) is 0 Å². The van der Waals surface area contributed by atoms with Gasteiger partial charge in [-0.15, -0.1) is 10.2 Å². The molecule has 5 nitrogen and oxygen atoms in total. The van der Waals surface area contributed by atoms with Crippen molar-refractivity contribution in [3.63, 3.8) is 0 Å². The minimum absolute atomic E-state index is 0.164. The Labute approximate surface area is 135 Å². The molecule has 0 spiro atoms. The second kappa shape index (κ2) is 8.02. The normalized spacial score (nSPS) is 10.1. The number of benzene rings is 1. The Kier molecular flexibility index (Phi) is 6.04. The molecule has 2 rings (SSSR count). The lowest BCUT2D eigenvalue weighted by Gasteiger charge is -2.05. The number of thioether (sulfide) groups is 2. The van der Waals surface area contributed by atoms with Crippen molar-refractivity contribution >= 4 is 46.5 Å². The van der Waals surface area contributed by atoms with E-state index >= 15 is 0 Å². The van der Waals surface area contributed by atoms with Crippen LogP contribution in [0.3, 0.4) is 0 Å². The van der Waals surface area contributed by atoms with Crippen LogP contribution in [0, 0.1) is 11.3 Å². The van der Waals surface area contributed by atoms with Crippen LogP contribution in [0.1, 0.15) is 12.5 Å². The van der Waals surface area contributed by atoms with Crippen molar-refractivity contribution in [2.45, 2.75) is 15.6 Å². The van der Waals surface area contributed by atoms with E-state index < -0.39 is 0 Å². The van der Waals surface area contributed by atoms with Crippen LogP contribution in [-0.2, 0) is 4.79 Å². The highest BCUT2D eigenvalue weighted by Crippen LogP contribution is 2.28. The molecule has 0 aliphatic heterocycles. The van der Waals surface area contributed by atoms with Crippen LogP contribution in [-0.4, -0.2) is 27.6 Å². The Hall–Kier alpha value is -1.56. The van der Waals surface area contributed by atoms with Gasteiger partial charge in [-0.25, -0.2) is 0 Å². The van der Waals surface area contributed by atoms with E-state index in [1.54, 1.807) is 36.0 Å². The second-order valence-electron chi connectivity index (χ2n) is 3.76. The van der Waals surface area contributed by atoms with Crippen molar-refractivity contribution in [1.29, 1.82) is 5.26 Å². The highest BCUT2D eigenvalue weighted by Gasteiger charge is 2.10. The smallest absolute Gasteiger partial charge is 0.234 e. The van der Waals surface area contributed by atoms with E-state index in [-0.39, 0.29) is 11.7 Å². The molecule has 0 fully saturated rings. The van der Waals surface area contributed by atoms with Crippen molar-refractivity contribution in [2.75, 3.05) is 16.8 Å². The lowest BCUT2D eigenvalue weighted by Crippen LogP contribution is -2.14. The Morgan fingerprint density at radius 2 is 2.05 bits per heavy atom. The van der Waals surface area contributed by atoms with Crippen LogP contribution in [0.5, 0.6) is 0 Å². The predicted molar refractivity (Wildman–Crippen MR) is 86.8 cm³/mol. The first kappa shape index (κ1) is 15.8. The van der Waals surface area contributed by atoms with Gasteiger partial charge in [0.15, 0.2) is 8.68 Å². The zero-order valence-electron chi connectivity index (χ0n) is 11.2. The summed E-state index contributed by atoms with van der Waals surface area (Å²) in [7, 11) is 0. The van der Waals surface area contributed by atoms with Crippen LogP contribution < -0.4 is 5.32 Å². The number of carbonyl (C=O) groups is 1. The third kappa shape index (κ3) is 4.74. The largest absolute Gasteiger partial charge is 0.324 e. The van der Waals surface area contributed by atoms with Crippen molar-refractivity contribution < 1.29 is 4.79 Å². The number of amides is 1. The van der Waals surface area contributed by atoms with Gasteiger partial charge in [0, 0.05) is 0 Å². The average Bonchev–Trinajstić information content (AvgIpc) is 2.94. The molecule has 0 unspecified atom stereocenters. The maximum absolute atomic E-state index is 11.9. The van der Waals surface area contributed by atoms with Gasteiger partial charge in [0.05, 0.1) is 17.0 Å². The molecule has 0 bridgehead atoms. The number of para-hydroxylation sites is 1. The summed E-state index contributed by atoms with van der Waals surface area (Å²) in [5.41, 5.74) is 0.985. The Balaban J connectivity index is 1.88. The lowest BCUT2D eigenvalue weighted by molar-refractivity contribution is -0.113. The van der Waals surface area contributed by atoms with Crippen molar-refractivity contribution in [1.82, 2.24) is 10.2 Å². The number of carbonyl (C=O) groups excluding carboxylic acids is 1. The predicted octanol–water partition coefficient (Wildman–Crippen LogP) is 3.25. The SMILES string of the molecule is CCSc1nnc(SCC(=O)Nc2ccccc2C#N)s1. The molecule has 108 valence electrons. The zero-order valence-corrected chi connectivity index (χ0v) is 13.6. The molecular weight excluding hydrogens is 324 g/mol. The fourth-order valence-electron chi connectivity index (χ4n) is 1.44. The minimum atomic E-state index is -0.164. The third-order valence-corrected chi connectivity index (χ3v) is 5.38. The number of nitrogens with zero attached hydrogens (tertiary/aromatic N) is 3. The van der Waals surface area contributed by atoms with E-state index in [4.69, 9.17) is 5.26 Å². The molecule has 2 aromatic rings. The van der Waals surface area contributed by atoms with E-state index in [1.165, 1.54) is 23.1 Å². The molecule has 1 heterocycles. The maximum Gasteiger partial charge on any atom is 0.234 e. The van der Waals surface area contributed by atoms with Crippen LogP contribution in [0.25, 0.3) is 0 Å². The number of nitriles is 1. The van der Waals surface area contributed by atoms with Crippen molar-refractivity contribution in [3.05, 3.63) is 29.8 Å². The lowest BCUT2D eigenvalue weighted by atomic mass is 10.2.